The van der Waals surface area contributed by atoms with Gasteiger partial charge in [-0.25, -0.2) is 0 Å². The minimum atomic E-state index is 0.536. The van der Waals surface area contributed by atoms with Crippen molar-refractivity contribution in [1.29, 1.82) is 0 Å². The molecule has 0 aliphatic carbocycles. The molecular weight excluding hydrogens is 166 g/mol. The molecule has 1 aromatic heterocycles. The van der Waals surface area contributed by atoms with E-state index in [0.29, 0.717) is 12.5 Å². The van der Waals surface area contributed by atoms with E-state index in [1.807, 2.05) is 6.07 Å². The molecule has 1 aliphatic rings. The smallest absolute Gasteiger partial charge is 0.0629 e. The van der Waals surface area contributed by atoms with Crippen molar-refractivity contribution in [2.45, 2.75) is 19.4 Å². The van der Waals surface area contributed by atoms with Gasteiger partial charge in [0.15, 0.2) is 0 Å². The molecule has 0 aromatic carbocycles. The fourth-order valence-corrected chi connectivity index (χ4v) is 1.66. The van der Waals surface area contributed by atoms with Gasteiger partial charge < -0.3 is 10.5 Å². The van der Waals surface area contributed by atoms with E-state index in [1.54, 1.807) is 0 Å². The highest BCUT2D eigenvalue weighted by Gasteiger charge is 2.17. The summed E-state index contributed by atoms with van der Waals surface area (Å²) in [4.78, 5) is 0. The number of aromatic nitrogens is 2. The third-order valence-electron chi connectivity index (χ3n) is 2.43. The monoisotopic (exact) mass is 181 g/mol. The van der Waals surface area contributed by atoms with Crippen molar-refractivity contribution in [3.63, 3.8) is 0 Å². The molecule has 0 saturated carbocycles. The highest BCUT2D eigenvalue weighted by molar-refractivity contribution is 5.09. The van der Waals surface area contributed by atoms with Crippen molar-refractivity contribution >= 4 is 0 Å². The average molecular weight is 181 g/mol. The van der Waals surface area contributed by atoms with Crippen molar-refractivity contribution in [3.05, 3.63) is 17.5 Å². The van der Waals surface area contributed by atoms with Crippen LogP contribution in [0.4, 0.5) is 0 Å². The molecule has 1 aliphatic heterocycles. The summed E-state index contributed by atoms with van der Waals surface area (Å²) < 4.78 is 5.30. The molecule has 1 unspecified atom stereocenters. The molecule has 1 saturated heterocycles. The summed E-state index contributed by atoms with van der Waals surface area (Å²) >= 11 is 0. The van der Waals surface area contributed by atoms with E-state index in [4.69, 9.17) is 10.5 Å². The second-order valence-corrected chi connectivity index (χ2v) is 3.52. The summed E-state index contributed by atoms with van der Waals surface area (Å²) in [5.74, 6) is 0.647. The second-order valence-electron chi connectivity index (χ2n) is 3.52. The zero-order valence-corrected chi connectivity index (χ0v) is 7.62. The summed E-state index contributed by atoms with van der Waals surface area (Å²) in [6, 6.07) is 2.04. The number of nitrogens with two attached hydrogens (primary N) is 1. The van der Waals surface area contributed by atoms with Gasteiger partial charge in [-0.15, -0.1) is 0 Å². The van der Waals surface area contributed by atoms with Gasteiger partial charge in [0.1, 0.15) is 0 Å². The first-order valence-electron chi connectivity index (χ1n) is 4.69. The first-order valence-corrected chi connectivity index (χ1v) is 4.69. The minimum absolute atomic E-state index is 0.536. The van der Waals surface area contributed by atoms with Gasteiger partial charge in [0.25, 0.3) is 0 Å². The van der Waals surface area contributed by atoms with Crippen molar-refractivity contribution in [1.82, 2.24) is 10.2 Å². The van der Waals surface area contributed by atoms with Gasteiger partial charge in [-0.1, -0.05) is 0 Å². The topological polar surface area (TPSA) is 63.9 Å². The molecule has 1 fully saturated rings. The molecule has 0 bridgehead atoms. The van der Waals surface area contributed by atoms with Crippen LogP contribution in [0, 0.1) is 5.92 Å². The molecular formula is C9H15N3O. The Bertz CT molecular complexity index is 266. The van der Waals surface area contributed by atoms with E-state index in [-0.39, 0.29) is 0 Å². The lowest BCUT2D eigenvalue weighted by Crippen LogP contribution is -2.03. The highest BCUT2D eigenvalue weighted by Crippen LogP contribution is 2.17. The van der Waals surface area contributed by atoms with Crippen LogP contribution in [0.25, 0.3) is 0 Å². The molecule has 13 heavy (non-hydrogen) atoms. The Hall–Kier alpha value is -0.870. The van der Waals surface area contributed by atoms with Gasteiger partial charge in [-0.3, -0.25) is 5.10 Å². The Balaban J connectivity index is 1.92. The molecule has 1 aromatic rings. The maximum absolute atomic E-state index is 5.48. The van der Waals surface area contributed by atoms with Crippen LogP contribution in [0.5, 0.6) is 0 Å². The molecule has 0 spiro atoms. The van der Waals surface area contributed by atoms with E-state index < -0.39 is 0 Å². The summed E-state index contributed by atoms with van der Waals surface area (Å²) in [5.41, 5.74) is 7.59. The Morgan fingerprint density at radius 3 is 3.23 bits per heavy atom. The predicted molar refractivity (Wildman–Crippen MR) is 49.1 cm³/mol. The van der Waals surface area contributed by atoms with Crippen molar-refractivity contribution in [3.8, 4) is 0 Å². The fourth-order valence-electron chi connectivity index (χ4n) is 1.66. The zero-order valence-electron chi connectivity index (χ0n) is 7.62. The lowest BCUT2D eigenvalue weighted by atomic mass is 10.0. The first-order chi connectivity index (χ1) is 6.38. The van der Waals surface area contributed by atoms with Gasteiger partial charge in [-0.2, -0.15) is 5.10 Å². The molecule has 3 N–H and O–H groups in total. The van der Waals surface area contributed by atoms with Crippen LogP contribution >= 0.6 is 0 Å². The van der Waals surface area contributed by atoms with Crippen LogP contribution in [0.3, 0.4) is 0 Å². The number of nitrogens with zero attached hydrogens (tertiary/aromatic N) is 1. The SMILES string of the molecule is NCc1cc(CC2CCOC2)n[nH]1. The Morgan fingerprint density at radius 1 is 1.69 bits per heavy atom. The molecule has 1 atom stereocenters. The number of rotatable bonds is 3. The Morgan fingerprint density at radius 2 is 2.62 bits per heavy atom. The molecule has 0 radical (unpaired) electrons. The van der Waals surface area contributed by atoms with Gasteiger partial charge in [0, 0.05) is 25.5 Å². The lowest BCUT2D eigenvalue weighted by molar-refractivity contribution is 0.185. The number of hydrogen-bond acceptors (Lipinski definition) is 3. The lowest BCUT2D eigenvalue weighted by Gasteiger charge is -2.02. The quantitative estimate of drug-likeness (QED) is 0.711. The number of hydrogen-bond donors (Lipinski definition) is 2. The fraction of sp³-hybridized carbons (Fsp3) is 0.667. The predicted octanol–water partition coefficient (Wildman–Crippen LogP) is 0.447. The van der Waals surface area contributed by atoms with Gasteiger partial charge in [0.2, 0.25) is 0 Å². The molecule has 2 heterocycles. The van der Waals surface area contributed by atoms with E-state index in [2.05, 4.69) is 10.2 Å². The maximum Gasteiger partial charge on any atom is 0.0629 e. The molecule has 4 heteroatoms. The number of H-pyrrole nitrogens is 1. The van der Waals surface area contributed by atoms with Crippen LogP contribution < -0.4 is 5.73 Å². The van der Waals surface area contributed by atoms with Crippen molar-refractivity contribution in [2.24, 2.45) is 11.7 Å². The van der Waals surface area contributed by atoms with Crippen LogP contribution in [0.15, 0.2) is 6.07 Å². The Labute approximate surface area is 77.5 Å². The van der Waals surface area contributed by atoms with Crippen molar-refractivity contribution in [2.75, 3.05) is 13.2 Å². The largest absolute Gasteiger partial charge is 0.381 e. The van der Waals surface area contributed by atoms with Crippen LogP contribution in [-0.2, 0) is 17.7 Å². The Kier molecular flexibility index (Phi) is 2.61. The normalized spacial score (nSPS) is 22.4. The van der Waals surface area contributed by atoms with Gasteiger partial charge >= 0.3 is 0 Å². The molecule has 2 rings (SSSR count). The summed E-state index contributed by atoms with van der Waals surface area (Å²) in [6.07, 6.45) is 2.17. The number of aromatic amines is 1. The second kappa shape index (κ2) is 3.89. The van der Waals surface area contributed by atoms with Gasteiger partial charge in [-0.05, 0) is 24.8 Å². The number of nitrogens with one attached hydrogen (secondary N) is 1. The third-order valence-corrected chi connectivity index (χ3v) is 2.43. The van der Waals surface area contributed by atoms with Crippen LogP contribution in [0.1, 0.15) is 17.8 Å². The van der Waals surface area contributed by atoms with E-state index in [0.717, 1.165) is 37.4 Å². The minimum Gasteiger partial charge on any atom is -0.381 e. The average Bonchev–Trinajstić information content (AvgIpc) is 2.76. The first kappa shape index (κ1) is 8.72. The molecule has 0 amide bonds. The molecule has 72 valence electrons. The number of ether oxygens (including phenoxy) is 1. The summed E-state index contributed by atoms with van der Waals surface area (Å²) in [5, 5.41) is 7.10. The van der Waals surface area contributed by atoms with E-state index in [9.17, 15) is 0 Å². The third kappa shape index (κ3) is 2.08. The summed E-state index contributed by atoms with van der Waals surface area (Å²) in [7, 11) is 0. The van der Waals surface area contributed by atoms with E-state index >= 15 is 0 Å². The standard InChI is InChI=1S/C9H15N3O/c10-5-9-4-8(11-12-9)3-7-1-2-13-6-7/h4,7H,1-3,5-6,10H2,(H,11,12). The molecule has 4 nitrogen and oxygen atoms in total. The maximum atomic E-state index is 5.48. The van der Waals surface area contributed by atoms with Crippen LogP contribution in [0.2, 0.25) is 0 Å². The van der Waals surface area contributed by atoms with E-state index in [1.165, 1.54) is 0 Å². The van der Waals surface area contributed by atoms with Gasteiger partial charge in [0.05, 0.1) is 5.69 Å². The van der Waals surface area contributed by atoms with Crippen molar-refractivity contribution < 1.29 is 4.74 Å². The zero-order chi connectivity index (χ0) is 9.10. The summed E-state index contributed by atoms with van der Waals surface area (Å²) in [6.45, 7) is 2.32. The highest BCUT2D eigenvalue weighted by atomic mass is 16.5. The van der Waals surface area contributed by atoms with Crippen LogP contribution in [-0.4, -0.2) is 23.4 Å².